The number of hydrogen-bond donors (Lipinski definition) is 1. The molecule has 1 amide bonds. The lowest BCUT2D eigenvalue weighted by Crippen LogP contribution is -2.37. The van der Waals surface area contributed by atoms with Crippen molar-refractivity contribution in [2.45, 2.75) is 5.16 Å². The van der Waals surface area contributed by atoms with Crippen molar-refractivity contribution in [2.75, 3.05) is 11.1 Å². The van der Waals surface area contributed by atoms with Crippen LogP contribution in [0.3, 0.4) is 0 Å². The zero-order valence-electron chi connectivity index (χ0n) is 15.2. The Hall–Kier alpha value is -3.41. The number of aryl methyl sites for hydroxylation is 2. The highest BCUT2D eigenvalue weighted by Crippen LogP contribution is 2.24. The number of fused-ring (bicyclic) bond motifs is 1. The first-order valence-corrected chi connectivity index (χ1v) is 8.99. The predicted molar refractivity (Wildman–Crippen MR) is 104 cm³/mol. The molecule has 0 saturated heterocycles. The van der Waals surface area contributed by atoms with Crippen LogP contribution in [0.4, 0.5) is 11.4 Å². The highest BCUT2D eigenvalue weighted by atomic mass is 32.2. The number of para-hydroxylation sites is 2. The van der Waals surface area contributed by atoms with Gasteiger partial charge >= 0.3 is 5.69 Å². The van der Waals surface area contributed by atoms with E-state index in [0.29, 0.717) is 5.16 Å². The second kappa shape index (κ2) is 7.31. The molecule has 2 heterocycles. The Morgan fingerprint density at radius 3 is 2.54 bits per heavy atom. The molecule has 0 aliphatic rings. The summed E-state index contributed by atoms with van der Waals surface area (Å²) in [6.07, 6.45) is 0. The van der Waals surface area contributed by atoms with Gasteiger partial charge in [-0.1, -0.05) is 23.9 Å². The first-order valence-electron chi connectivity index (χ1n) is 8.01. The number of amides is 1. The maximum absolute atomic E-state index is 12.4. The summed E-state index contributed by atoms with van der Waals surface area (Å²) >= 11 is 1.05. The monoisotopic (exact) mass is 404 g/mol. The average molecular weight is 404 g/mol. The minimum Gasteiger partial charge on any atom is -0.320 e. The molecule has 0 saturated carbocycles. The molecule has 0 aliphatic heterocycles. The standard InChI is InChI=1S/C16H16N6O5S/c1-19-12-13(20(2)16(25)21(3)14(12)24)18-15(19)28-8-11(23)17-9-6-4-5-7-10(9)22(26)27/h4-7H,8H2,1-3H3,(H,17,23). The molecule has 28 heavy (non-hydrogen) atoms. The average Bonchev–Trinajstić information content (AvgIpc) is 3.00. The lowest BCUT2D eigenvalue weighted by Gasteiger charge is -2.06. The van der Waals surface area contributed by atoms with Crippen molar-refractivity contribution in [2.24, 2.45) is 21.1 Å². The topological polar surface area (TPSA) is 134 Å². The van der Waals surface area contributed by atoms with E-state index in [0.717, 1.165) is 16.3 Å². The summed E-state index contributed by atoms with van der Waals surface area (Å²) in [7, 11) is 4.50. The van der Waals surface area contributed by atoms with E-state index < -0.39 is 22.1 Å². The summed E-state index contributed by atoms with van der Waals surface area (Å²) in [5, 5.41) is 13.9. The highest BCUT2D eigenvalue weighted by Gasteiger charge is 2.19. The van der Waals surface area contributed by atoms with Gasteiger partial charge in [0.15, 0.2) is 16.3 Å². The summed E-state index contributed by atoms with van der Waals surface area (Å²) in [4.78, 5) is 51.3. The van der Waals surface area contributed by atoms with Gasteiger partial charge in [0.2, 0.25) is 5.91 Å². The molecule has 11 nitrogen and oxygen atoms in total. The molecule has 3 aromatic rings. The minimum atomic E-state index is -0.579. The van der Waals surface area contributed by atoms with Crippen LogP contribution in [0.5, 0.6) is 0 Å². The van der Waals surface area contributed by atoms with Gasteiger partial charge in [-0.25, -0.2) is 9.78 Å². The largest absolute Gasteiger partial charge is 0.332 e. The van der Waals surface area contributed by atoms with E-state index in [9.17, 15) is 24.5 Å². The molecule has 0 aliphatic carbocycles. The highest BCUT2D eigenvalue weighted by molar-refractivity contribution is 7.99. The van der Waals surface area contributed by atoms with Crippen LogP contribution in [-0.4, -0.2) is 35.3 Å². The summed E-state index contributed by atoms with van der Waals surface area (Å²) in [6.45, 7) is 0. The number of rotatable bonds is 5. The van der Waals surface area contributed by atoms with Crippen LogP contribution in [0, 0.1) is 10.1 Å². The second-order valence-electron chi connectivity index (χ2n) is 5.94. The zero-order chi connectivity index (χ0) is 20.6. The smallest absolute Gasteiger partial charge is 0.320 e. The molecule has 0 atom stereocenters. The normalized spacial score (nSPS) is 11.0. The number of aromatic nitrogens is 4. The lowest BCUT2D eigenvalue weighted by molar-refractivity contribution is -0.383. The molecule has 0 spiro atoms. The molecule has 0 unspecified atom stereocenters. The summed E-state index contributed by atoms with van der Waals surface area (Å²) in [5.74, 6) is -0.551. The van der Waals surface area contributed by atoms with Crippen molar-refractivity contribution >= 4 is 40.2 Å². The number of thioether (sulfide) groups is 1. The molecular weight excluding hydrogens is 388 g/mol. The number of nitro groups is 1. The maximum Gasteiger partial charge on any atom is 0.332 e. The lowest BCUT2D eigenvalue weighted by atomic mass is 10.2. The third-order valence-electron chi connectivity index (χ3n) is 4.14. The minimum absolute atomic E-state index is 0.0858. The number of carbonyl (C=O) groups is 1. The first kappa shape index (κ1) is 19.4. The van der Waals surface area contributed by atoms with Crippen LogP contribution in [0.15, 0.2) is 39.0 Å². The number of nitro benzene ring substituents is 1. The van der Waals surface area contributed by atoms with E-state index >= 15 is 0 Å². The quantitative estimate of drug-likeness (QED) is 0.374. The number of hydrogen-bond acceptors (Lipinski definition) is 7. The van der Waals surface area contributed by atoms with Crippen molar-refractivity contribution in [3.63, 3.8) is 0 Å². The van der Waals surface area contributed by atoms with Crippen molar-refractivity contribution in [1.29, 1.82) is 0 Å². The van der Waals surface area contributed by atoms with Gasteiger partial charge in [0.25, 0.3) is 11.2 Å². The van der Waals surface area contributed by atoms with Crippen LogP contribution in [0.1, 0.15) is 0 Å². The number of carbonyl (C=O) groups excluding carboxylic acids is 1. The third kappa shape index (κ3) is 3.29. The van der Waals surface area contributed by atoms with E-state index in [-0.39, 0.29) is 28.3 Å². The number of nitrogens with zero attached hydrogens (tertiary/aromatic N) is 5. The van der Waals surface area contributed by atoms with Crippen LogP contribution < -0.4 is 16.6 Å². The number of imidazole rings is 1. The Bertz CT molecular complexity index is 1220. The van der Waals surface area contributed by atoms with Crippen LogP contribution in [0.25, 0.3) is 11.2 Å². The molecule has 0 bridgehead atoms. The van der Waals surface area contributed by atoms with E-state index in [2.05, 4.69) is 10.3 Å². The van der Waals surface area contributed by atoms with Crippen molar-refractivity contribution in [1.82, 2.24) is 18.7 Å². The summed E-state index contributed by atoms with van der Waals surface area (Å²) in [6, 6.07) is 5.82. The molecular formula is C16H16N6O5S. The van der Waals surface area contributed by atoms with Crippen molar-refractivity contribution in [3.8, 4) is 0 Å². The Balaban J connectivity index is 1.84. The molecule has 3 rings (SSSR count). The molecule has 2 aromatic heterocycles. The van der Waals surface area contributed by atoms with Crippen molar-refractivity contribution < 1.29 is 9.72 Å². The van der Waals surface area contributed by atoms with Gasteiger partial charge in [-0.05, 0) is 6.07 Å². The Morgan fingerprint density at radius 2 is 1.86 bits per heavy atom. The van der Waals surface area contributed by atoms with Gasteiger partial charge in [-0.2, -0.15) is 0 Å². The first-order chi connectivity index (χ1) is 13.2. The van der Waals surface area contributed by atoms with Crippen LogP contribution >= 0.6 is 11.8 Å². The third-order valence-corrected chi connectivity index (χ3v) is 5.17. The number of benzene rings is 1. The SMILES string of the molecule is Cn1c(=O)c2c(nc(SCC(=O)Nc3ccccc3[N+](=O)[O-])n2C)n(C)c1=O. The van der Waals surface area contributed by atoms with Gasteiger partial charge < -0.3 is 9.88 Å². The number of anilines is 1. The number of nitrogens with one attached hydrogen (secondary N) is 1. The maximum atomic E-state index is 12.4. The van der Waals surface area contributed by atoms with Crippen LogP contribution in [0.2, 0.25) is 0 Å². The van der Waals surface area contributed by atoms with Gasteiger partial charge in [0, 0.05) is 27.2 Å². The fraction of sp³-hybridized carbons (Fsp3) is 0.250. The Labute approximate surface area is 161 Å². The molecule has 0 fully saturated rings. The van der Waals surface area contributed by atoms with E-state index in [1.54, 1.807) is 13.1 Å². The molecule has 1 aromatic carbocycles. The fourth-order valence-corrected chi connectivity index (χ4v) is 3.45. The van der Waals surface area contributed by atoms with Gasteiger partial charge in [0.1, 0.15) is 5.69 Å². The van der Waals surface area contributed by atoms with Crippen LogP contribution in [-0.2, 0) is 25.9 Å². The van der Waals surface area contributed by atoms with E-state index in [1.165, 1.54) is 41.4 Å². The molecule has 1 N–H and O–H groups in total. The molecule has 146 valence electrons. The summed E-state index contributed by atoms with van der Waals surface area (Å²) in [5.41, 5.74) is -0.629. The van der Waals surface area contributed by atoms with E-state index in [1.807, 2.05) is 0 Å². The van der Waals surface area contributed by atoms with Gasteiger partial charge in [0.05, 0.1) is 10.7 Å². The second-order valence-corrected chi connectivity index (χ2v) is 6.88. The predicted octanol–water partition coefficient (Wildman–Crippen LogP) is 0.610. The molecule has 12 heteroatoms. The molecule has 0 radical (unpaired) electrons. The van der Waals surface area contributed by atoms with E-state index in [4.69, 9.17) is 0 Å². The van der Waals surface area contributed by atoms with Gasteiger partial charge in [-0.15, -0.1) is 0 Å². The Kier molecular flexibility index (Phi) is 5.05. The zero-order valence-corrected chi connectivity index (χ0v) is 16.0. The van der Waals surface area contributed by atoms with Gasteiger partial charge in [-0.3, -0.25) is 28.8 Å². The Morgan fingerprint density at radius 1 is 1.18 bits per heavy atom. The fourth-order valence-electron chi connectivity index (χ4n) is 2.68. The van der Waals surface area contributed by atoms with Crippen molar-refractivity contribution in [3.05, 3.63) is 55.2 Å². The summed E-state index contributed by atoms with van der Waals surface area (Å²) < 4.78 is 3.76.